The average Bonchev–Trinajstić information content (AvgIpc) is 2.48. The van der Waals surface area contributed by atoms with Gasteiger partial charge in [0.1, 0.15) is 12.0 Å². The third-order valence-corrected chi connectivity index (χ3v) is 3.77. The number of allylic oxidation sites excluding steroid dienone is 3. The van der Waals surface area contributed by atoms with Crippen molar-refractivity contribution in [3.63, 3.8) is 0 Å². The molecule has 0 heterocycles. The first-order valence-electron chi connectivity index (χ1n) is 6.37. The van der Waals surface area contributed by atoms with Gasteiger partial charge in [-0.1, -0.05) is 37.3 Å². The van der Waals surface area contributed by atoms with Crippen LogP contribution >= 0.6 is 0 Å². The largest absolute Gasteiger partial charge is 0.504 e. The van der Waals surface area contributed by atoms with E-state index in [4.69, 9.17) is 4.74 Å². The Morgan fingerprint density at radius 2 is 2.05 bits per heavy atom. The summed E-state index contributed by atoms with van der Waals surface area (Å²) < 4.78 is 5.17. The summed E-state index contributed by atoms with van der Waals surface area (Å²) >= 11 is 0. The monoisotopic (exact) mass is 258 g/mol. The molecule has 1 unspecified atom stereocenters. The van der Waals surface area contributed by atoms with Crippen molar-refractivity contribution in [1.29, 1.82) is 0 Å². The van der Waals surface area contributed by atoms with Crippen molar-refractivity contribution in [2.24, 2.45) is 5.41 Å². The highest BCUT2D eigenvalue weighted by molar-refractivity contribution is 5.87. The molecule has 1 aliphatic rings. The minimum Gasteiger partial charge on any atom is -0.504 e. The molecule has 1 aromatic carbocycles. The van der Waals surface area contributed by atoms with Crippen molar-refractivity contribution in [1.82, 2.24) is 0 Å². The first-order valence-corrected chi connectivity index (χ1v) is 6.37. The molecule has 3 heteroatoms. The van der Waals surface area contributed by atoms with Gasteiger partial charge in [0, 0.05) is 6.42 Å². The fraction of sp³-hybridized carbons (Fsp3) is 0.312. The summed E-state index contributed by atoms with van der Waals surface area (Å²) in [4.78, 5) is 11.7. The SMILES string of the molecule is CCC1(C=O)CC(OC)=C(O)C=C1c1ccccc1. The van der Waals surface area contributed by atoms with Gasteiger partial charge in [0.25, 0.3) is 0 Å². The highest BCUT2D eigenvalue weighted by Crippen LogP contribution is 2.45. The zero-order chi connectivity index (χ0) is 13.9. The maximum absolute atomic E-state index is 11.7. The Kier molecular flexibility index (Phi) is 3.74. The minimum atomic E-state index is -0.626. The second-order valence-corrected chi connectivity index (χ2v) is 4.74. The molecule has 19 heavy (non-hydrogen) atoms. The maximum atomic E-state index is 11.7. The van der Waals surface area contributed by atoms with Gasteiger partial charge in [0.15, 0.2) is 5.76 Å². The lowest BCUT2D eigenvalue weighted by molar-refractivity contribution is -0.114. The number of methoxy groups -OCH3 is 1. The Bertz CT molecular complexity index is 528. The molecule has 0 fully saturated rings. The van der Waals surface area contributed by atoms with Crippen LogP contribution in [0.5, 0.6) is 0 Å². The summed E-state index contributed by atoms with van der Waals surface area (Å²) in [7, 11) is 1.51. The van der Waals surface area contributed by atoms with Crippen molar-refractivity contribution in [2.75, 3.05) is 7.11 Å². The van der Waals surface area contributed by atoms with E-state index in [1.54, 1.807) is 6.08 Å². The quantitative estimate of drug-likeness (QED) is 0.841. The van der Waals surface area contributed by atoms with Crippen molar-refractivity contribution >= 4 is 11.9 Å². The van der Waals surface area contributed by atoms with Crippen molar-refractivity contribution in [2.45, 2.75) is 19.8 Å². The molecule has 0 saturated carbocycles. The highest BCUT2D eigenvalue weighted by atomic mass is 16.5. The lowest BCUT2D eigenvalue weighted by atomic mass is 9.70. The molecular weight excluding hydrogens is 240 g/mol. The van der Waals surface area contributed by atoms with Gasteiger partial charge in [-0.25, -0.2) is 0 Å². The van der Waals surface area contributed by atoms with Gasteiger partial charge in [0.2, 0.25) is 0 Å². The summed E-state index contributed by atoms with van der Waals surface area (Å²) in [5.74, 6) is 0.570. The molecule has 0 amide bonds. The molecule has 0 spiro atoms. The smallest absolute Gasteiger partial charge is 0.153 e. The van der Waals surface area contributed by atoms with Gasteiger partial charge in [-0.3, -0.25) is 0 Å². The number of carbonyl (C=O) groups excluding carboxylic acids is 1. The lowest BCUT2D eigenvalue weighted by Gasteiger charge is -2.33. The first kappa shape index (κ1) is 13.4. The van der Waals surface area contributed by atoms with Gasteiger partial charge < -0.3 is 14.6 Å². The number of carbonyl (C=O) groups is 1. The summed E-state index contributed by atoms with van der Waals surface area (Å²) in [6.07, 6.45) is 3.68. The zero-order valence-electron chi connectivity index (χ0n) is 11.2. The normalized spacial score (nSPS) is 22.9. The van der Waals surface area contributed by atoms with Crippen LogP contribution in [0.4, 0.5) is 0 Å². The van der Waals surface area contributed by atoms with Crippen LogP contribution in [0, 0.1) is 5.41 Å². The summed E-state index contributed by atoms with van der Waals surface area (Å²) in [5, 5.41) is 9.99. The molecule has 3 nitrogen and oxygen atoms in total. The van der Waals surface area contributed by atoms with E-state index in [1.807, 2.05) is 37.3 Å². The molecule has 1 aliphatic carbocycles. The van der Waals surface area contributed by atoms with Crippen molar-refractivity contribution in [3.8, 4) is 0 Å². The predicted molar refractivity (Wildman–Crippen MR) is 74.5 cm³/mol. The summed E-state index contributed by atoms with van der Waals surface area (Å²) in [5.41, 5.74) is 1.18. The number of aldehydes is 1. The van der Waals surface area contributed by atoms with Crippen LogP contribution in [0.2, 0.25) is 0 Å². The highest BCUT2D eigenvalue weighted by Gasteiger charge is 2.38. The molecule has 0 aromatic heterocycles. The summed E-state index contributed by atoms with van der Waals surface area (Å²) in [6, 6.07) is 9.68. The number of hydrogen-bond acceptors (Lipinski definition) is 3. The number of rotatable bonds is 4. The molecule has 0 aliphatic heterocycles. The van der Waals surface area contributed by atoms with Crippen LogP contribution in [0.15, 0.2) is 47.9 Å². The topological polar surface area (TPSA) is 46.5 Å². The van der Waals surface area contributed by atoms with Crippen LogP contribution in [-0.4, -0.2) is 18.5 Å². The van der Waals surface area contributed by atoms with Gasteiger partial charge in [0.05, 0.1) is 12.5 Å². The Balaban J connectivity index is 2.58. The fourth-order valence-corrected chi connectivity index (χ4v) is 2.50. The van der Waals surface area contributed by atoms with E-state index in [0.29, 0.717) is 18.6 Å². The van der Waals surface area contributed by atoms with E-state index in [9.17, 15) is 9.90 Å². The van der Waals surface area contributed by atoms with E-state index < -0.39 is 5.41 Å². The number of aliphatic hydroxyl groups is 1. The van der Waals surface area contributed by atoms with E-state index in [1.165, 1.54) is 7.11 Å². The Hall–Kier alpha value is -2.03. The minimum absolute atomic E-state index is 0.104. The van der Waals surface area contributed by atoms with Crippen LogP contribution in [-0.2, 0) is 9.53 Å². The second-order valence-electron chi connectivity index (χ2n) is 4.74. The standard InChI is InChI=1S/C16H18O3/c1-3-16(11-17)10-15(19-2)14(18)9-13(16)12-7-5-4-6-8-12/h4-9,11,18H,3,10H2,1-2H3. The van der Waals surface area contributed by atoms with E-state index in [0.717, 1.165) is 17.4 Å². The number of benzene rings is 1. The first-order chi connectivity index (χ1) is 9.16. The van der Waals surface area contributed by atoms with Crippen LogP contribution in [0.1, 0.15) is 25.3 Å². The molecule has 1 atom stereocenters. The van der Waals surface area contributed by atoms with Crippen LogP contribution in [0.25, 0.3) is 5.57 Å². The van der Waals surface area contributed by atoms with Gasteiger partial charge in [-0.05, 0) is 23.6 Å². The lowest BCUT2D eigenvalue weighted by Crippen LogP contribution is -2.28. The molecule has 1 aromatic rings. The maximum Gasteiger partial charge on any atom is 0.153 e. The van der Waals surface area contributed by atoms with Crippen LogP contribution in [0.3, 0.4) is 0 Å². The van der Waals surface area contributed by atoms with Gasteiger partial charge in [-0.2, -0.15) is 0 Å². The second kappa shape index (κ2) is 5.31. The van der Waals surface area contributed by atoms with Crippen LogP contribution < -0.4 is 0 Å². The van der Waals surface area contributed by atoms with Crippen molar-refractivity contribution in [3.05, 3.63) is 53.5 Å². The molecule has 0 saturated heterocycles. The average molecular weight is 258 g/mol. The van der Waals surface area contributed by atoms with Gasteiger partial charge >= 0.3 is 0 Å². The molecule has 0 bridgehead atoms. The third kappa shape index (κ3) is 2.28. The number of hydrogen-bond donors (Lipinski definition) is 1. The predicted octanol–water partition coefficient (Wildman–Crippen LogP) is 3.49. The fourth-order valence-electron chi connectivity index (χ4n) is 2.50. The van der Waals surface area contributed by atoms with Gasteiger partial charge in [-0.15, -0.1) is 0 Å². The Labute approximate surface area is 113 Å². The molecule has 2 rings (SSSR count). The number of ether oxygens (including phenoxy) is 1. The zero-order valence-corrected chi connectivity index (χ0v) is 11.2. The van der Waals surface area contributed by atoms with Crippen molar-refractivity contribution < 1.29 is 14.6 Å². The molecular formula is C16H18O3. The third-order valence-electron chi connectivity index (χ3n) is 3.77. The Morgan fingerprint density at radius 1 is 1.37 bits per heavy atom. The molecule has 100 valence electrons. The summed E-state index contributed by atoms with van der Waals surface area (Å²) in [6.45, 7) is 1.97. The Morgan fingerprint density at radius 3 is 2.58 bits per heavy atom. The van der Waals surface area contributed by atoms with E-state index in [-0.39, 0.29) is 5.76 Å². The molecule has 0 radical (unpaired) electrons. The van der Waals surface area contributed by atoms with E-state index >= 15 is 0 Å². The molecule has 1 N–H and O–H groups in total. The number of aliphatic hydroxyl groups excluding tert-OH is 1. The van der Waals surface area contributed by atoms with E-state index in [2.05, 4.69) is 0 Å².